The molecule has 1 aromatic rings. The van der Waals surface area contributed by atoms with Crippen molar-refractivity contribution in [3.8, 4) is 0 Å². The topological polar surface area (TPSA) is 66.6 Å². The second-order valence-corrected chi connectivity index (χ2v) is 4.51. The summed E-state index contributed by atoms with van der Waals surface area (Å²) in [5, 5.41) is 8.69. The van der Waals surface area contributed by atoms with E-state index in [1.54, 1.807) is 7.05 Å². The van der Waals surface area contributed by atoms with Gasteiger partial charge in [-0.05, 0) is 34.5 Å². The van der Waals surface area contributed by atoms with Crippen LogP contribution in [0.2, 0.25) is 0 Å². The highest BCUT2D eigenvalue weighted by molar-refractivity contribution is 9.10. The Bertz CT molecular complexity index is 426. The van der Waals surface area contributed by atoms with Gasteiger partial charge in [-0.3, -0.25) is 4.79 Å². The average molecular weight is 305 g/mol. The fourth-order valence-corrected chi connectivity index (χ4v) is 1.83. The molecule has 0 unspecified atom stereocenters. The lowest BCUT2D eigenvalue weighted by Crippen LogP contribution is -2.28. The van der Waals surface area contributed by atoms with Crippen molar-refractivity contribution in [3.05, 3.63) is 28.0 Å². The predicted octanol–water partition coefficient (Wildman–Crippen LogP) is 1.62. The van der Waals surface area contributed by atoms with Crippen LogP contribution in [0, 0.1) is 5.82 Å². The zero-order valence-corrected chi connectivity index (χ0v) is 11.0. The van der Waals surface area contributed by atoms with E-state index in [1.165, 1.54) is 17.0 Å². The molecule has 1 rings (SSSR count). The van der Waals surface area contributed by atoms with Gasteiger partial charge in [0.1, 0.15) is 5.82 Å². The molecule has 0 radical (unpaired) electrons. The van der Waals surface area contributed by atoms with E-state index in [0.717, 1.165) is 0 Å². The summed E-state index contributed by atoms with van der Waals surface area (Å²) in [6, 6.07) is 2.47. The second kappa shape index (κ2) is 5.97. The largest absolute Gasteiger partial charge is 0.396 e. The number of carbonyl (C=O) groups is 1. The van der Waals surface area contributed by atoms with Crippen molar-refractivity contribution in [2.24, 2.45) is 0 Å². The van der Waals surface area contributed by atoms with Crippen LogP contribution in [0.5, 0.6) is 0 Å². The molecule has 0 heterocycles. The fourth-order valence-electron chi connectivity index (χ4n) is 1.34. The van der Waals surface area contributed by atoms with Crippen molar-refractivity contribution in [1.82, 2.24) is 4.90 Å². The second-order valence-electron chi connectivity index (χ2n) is 3.66. The van der Waals surface area contributed by atoms with Gasteiger partial charge >= 0.3 is 0 Å². The number of nitrogen functional groups attached to an aromatic ring is 1. The Morgan fingerprint density at radius 3 is 2.82 bits per heavy atom. The first-order valence-corrected chi connectivity index (χ1v) is 5.87. The highest BCUT2D eigenvalue weighted by Gasteiger charge is 2.16. The molecule has 6 heteroatoms. The van der Waals surface area contributed by atoms with Gasteiger partial charge < -0.3 is 15.7 Å². The summed E-state index contributed by atoms with van der Waals surface area (Å²) >= 11 is 3.13. The molecule has 0 fully saturated rings. The van der Waals surface area contributed by atoms with Crippen molar-refractivity contribution < 1.29 is 14.3 Å². The fraction of sp³-hybridized carbons (Fsp3) is 0.364. The van der Waals surface area contributed by atoms with E-state index in [-0.39, 0.29) is 18.2 Å². The lowest BCUT2D eigenvalue weighted by atomic mass is 10.1. The molecule has 0 aliphatic rings. The van der Waals surface area contributed by atoms with Crippen molar-refractivity contribution in [2.75, 3.05) is 25.9 Å². The van der Waals surface area contributed by atoms with Gasteiger partial charge in [-0.15, -0.1) is 0 Å². The molecule has 17 heavy (non-hydrogen) atoms. The van der Waals surface area contributed by atoms with Crippen LogP contribution in [0.15, 0.2) is 16.6 Å². The monoisotopic (exact) mass is 304 g/mol. The molecule has 1 aromatic carbocycles. The number of rotatable bonds is 4. The van der Waals surface area contributed by atoms with Crippen molar-refractivity contribution >= 4 is 27.5 Å². The highest BCUT2D eigenvalue weighted by Crippen LogP contribution is 2.23. The Hall–Kier alpha value is -1.14. The number of hydrogen-bond acceptors (Lipinski definition) is 3. The number of aliphatic hydroxyl groups excluding tert-OH is 1. The number of aliphatic hydroxyl groups is 1. The van der Waals surface area contributed by atoms with Gasteiger partial charge in [0.05, 0.1) is 11.3 Å². The smallest absolute Gasteiger partial charge is 0.254 e. The maximum absolute atomic E-state index is 13.1. The van der Waals surface area contributed by atoms with Crippen LogP contribution in [0.1, 0.15) is 16.8 Å². The first-order chi connectivity index (χ1) is 7.97. The molecule has 94 valence electrons. The van der Waals surface area contributed by atoms with Crippen molar-refractivity contribution in [2.45, 2.75) is 6.42 Å². The molecular weight excluding hydrogens is 291 g/mol. The first-order valence-electron chi connectivity index (χ1n) is 5.08. The van der Waals surface area contributed by atoms with E-state index in [0.29, 0.717) is 23.0 Å². The number of carbonyl (C=O) groups excluding carboxylic acids is 1. The molecule has 0 aliphatic heterocycles. The Balaban J connectivity index is 2.92. The van der Waals surface area contributed by atoms with Crippen LogP contribution in [-0.2, 0) is 0 Å². The molecule has 0 aromatic heterocycles. The van der Waals surface area contributed by atoms with Crippen LogP contribution in [0.4, 0.5) is 10.1 Å². The van der Waals surface area contributed by atoms with Gasteiger partial charge in [0.2, 0.25) is 0 Å². The lowest BCUT2D eigenvalue weighted by molar-refractivity contribution is 0.0785. The molecular formula is C11H14BrFN2O2. The van der Waals surface area contributed by atoms with Crippen LogP contribution in [-0.4, -0.2) is 36.1 Å². The highest BCUT2D eigenvalue weighted by atomic mass is 79.9. The average Bonchev–Trinajstić information content (AvgIpc) is 2.29. The van der Waals surface area contributed by atoms with Crippen LogP contribution in [0.25, 0.3) is 0 Å². The van der Waals surface area contributed by atoms with E-state index in [9.17, 15) is 9.18 Å². The van der Waals surface area contributed by atoms with Crippen molar-refractivity contribution in [3.63, 3.8) is 0 Å². The van der Waals surface area contributed by atoms with E-state index < -0.39 is 5.82 Å². The van der Waals surface area contributed by atoms with Gasteiger partial charge in [0.25, 0.3) is 5.91 Å². The zero-order chi connectivity index (χ0) is 13.0. The zero-order valence-electron chi connectivity index (χ0n) is 9.41. The minimum atomic E-state index is -0.563. The summed E-state index contributed by atoms with van der Waals surface area (Å²) in [6.45, 7) is 0.448. The van der Waals surface area contributed by atoms with Crippen LogP contribution < -0.4 is 5.73 Å². The molecule has 3 N–H and O–H groups in total. The molecule has 4 nitrogen and oxygen atoms in total. The molecule has 0 spiro atoms. The molecule has 1 amide bonds. The summed E-state index contributed by atoms with van der Waals surface area (Å²) < 4.78 is 13.5. The maximum atomic E-state index is 13.1. The maximum Gasteiger partial charge on any atom is 0.254 e. The number of halogens is 2. The number of benzene rings is 1. The van der Waals surface area contributed by atoms with Gasteiger partial charge in [-0.2, -0.15) is 0 Å². The Morgan fingerprint density at radius 1 is 1.59 bits per heavy atom. The van der Waals surface area contributed by atoms with Gasteiger partial charge in [0, 0.05) is 24.7 Å². The van der Waals surface area contributed by atoms with E-state index in [1.807, 2.05) is 0 Å². The van der Waals surface area contributed by atoms with Gasteiger partial charge in [-0.1, -0.05) is 0 Å². The summed E-state index contributed by atoms with van der Waals surface area (Å²) in [4.78, 5) is 13.4. The number of hydrogen-bond donors (Lipinski definition) is 2. The molecule has 0 atom stereocenters. The number of amides is 1. The summed E-state index contributed by atoms with van der Waals surface area (Å²) in [5.41, 5.74) is 5.67. The Kier molecular flexibility index (Phi) is 4.89. The summed E-state index contributed by atoms with van der Waals surface area (Å²) in [6.07, 6.45) is 0.497. The SMILES string of the molecule is CN(CCCO)C(=O)c1cc(N)c(F)cc1Br. The third-order valence-corrected chi connectivity index (χ3v) is 2.97. The molecule has 0 aliphatic carbocycles. The van der Waals surface area contributed by atoms with Crippen LogP contribution >= 0.6 is 15.9 Å². The minimum Gasteiger partial charge on any atom is -0.396 e. The lowest BCUT2D eigenvalue weighted by Gasteiger charge is -2.17. The van der Waals surface area contributed by atoms with Gasteiger partial charge in [0.15, 0.2) is 0 Å². The van der Waals surface area contributed by atoms with E-state index in [2.05, 4.69) is 15.9 Å². The summed E-state index contributed by atoms with van der Waals surface area (Å²) in [5.74, 6) is -0.830. The minimum absolute atomic E-state index is 0.0182. The van der Waals surface area contributed by atoms with E-state index >= 15 is 0 Å². The first kappa shape index (κ1) is 13.9. The third-order valence-electron chi connectivity index (χ3n) is 2.32. The van der Waals surface area contributed by atoms with Crippen LogP contribution in [0.3, 0.4) is 0 Å². The van der Waals surface area contributed by atoms with Crippen molar-refractivity contribution in [1.29, 1.82) is 0 Å². The number of nitrogens with zero attached hydrogens (tertiary/aromatic N) is 1. The van der Waals surface area contributed by atoms with E-state index in [4.69, 9.17) is 10.8 Å². The third kappa shape index (κ3) is 3.41. The standard InChI is InChI=1S/C11H14BrFN2O2/c1-15(3-2-4-16)11(17)7-5-10(14)9(13)6-8(7)12/h5-6,16H,2-4,14H2,1H3. The number of nitrogens with two attached hydrogens (primary N) is 1. The number of anilines is 1. The molecule has 0 saturated carbocycles. The Labute approximate surface area is 107 Å². The normalized spacial score (nSPS) is 10.4. The quantitative estimate of drug-likeness (QED) is 0.831. The molecule has 0 saturated heterocycles. The molecule has 0 bridgehead atoms. The predicted molar refractivity (Wildman–Crippen MR) is 67.2 cm³/mol. The summed E-state index contributed by atoms with van der Waals surface area (Å²) in [7, 11) is 1.62. The van der Waals surface area contributed by atoms with Gasteiger partial charge in [-0.25, -0.2) is 4.39 Å². The Morgan fingerprint density at radius 2 is 2.24 bits per heavy atom.